The Kier molecular flexibility index (Phi) is 4.30. The second-order valence-electron chi connectivity index (χ2n) is 5.00. The number of amides is 1. The molecular formula is C18H17N3O. The van der Waals surface area contributed by atoms with Crippen LogP contribution in [0.25, 0.3) is 5.69 Å². The van der Waals surface area contributed by atoms with E-state index in [2.05, 4.69) is 10.3 Å². The summed E-state index contributed by atoms with van der Waals surface area (Å²) in [5, 5.41) is 2.94. The molecule has 0 aliphatic rings. The summed E-state index contributed by atoms with van der Waals surface area (Å²) in [5.41, 5.74) is 2.88. The first-order valence-corrected chi connectivity index (χ1v) is 7.23. The van der Waals surface area contributed by atoms with Crippen molar-refractivity contribution >= 4 is 5.91 Å². The Morgan fingerprint density at radius 1 is 1.00 bits per heavy atom. The highest BCUT2D eigenvalue weighted by Gasteiger charge is 2.05. The van der Waals surface area contributed by atoms with Gasteiger partial charge in [0, 0.05) is 42.6 Å². The van der Waals surface area contributed by atoms with E-state index in [4.69, 9.17) is 0 Å². The van der Waals surface area contributed by atoms with E-state index in [0.717, 1.165) is 12.1 Å². The van der Waals surface area contributed by atoms with Crippen LogP contribution in [-0.2, 0) is 6.42 Å². The van der Waals surface area contributed by atoms with Gasteiger partial charge >= 0.3 is 0 Å². The minimum Gasteiger partial charge on any atom is -0.352 e. The van der Waals surface area contributed by atoms with Crippen LogP contribution in [0, 0.1) is 0 Å². The standard InChI is InChI=1S/C18H17N3O/c22-18(20-12-9-15-7-10-19-11-8-15)16-3-5-17(6-4-16)21-13-1-2-14-21/h1-8,10-11,13-14H,9,12H2,(H,20,22). The zero-order valence-electron chi connectivity index (χ0n) is 12.1. The van der Waals surface area contributed by atoms with Gasteiger partial charge in [0.2, 0.25) is 0 Å². The van der Waals surface area contributed by atoms with E-state index in [1.807, 2.05) is 65.5 Å². The van der Waals surface area contributed by atoms with E-state index >= 15 is 0 Å². The highest BCUT2D eigenvalue weighted by molar-refractivity contribution is 5.94. The maximum Gasteiger partial charge on any atom is 0.251 e. The summed E-state index contributed by atoms with van der Waals surface area (Å²) in [4.78, 5) is 16.1. The molecule has 4 heteroatoms. The number of nitrogens with zero attached hydrogens (tertiary/aromatic N) is 2. The van der Waals surface area contributed by atoms with Crippen molar-refractivity contribution in [2.24, 2.45) is 0 Å². The highest BCUT2D eigenvalue weighted by atomic mass is 16.1. The number of carbonyl (C=O) groups excluding carboxylic acids is 1. The van der Waals surface area contributed by atoms with Gasteiger partial charge in [-0.25, -0.2) is 0 Å². The van der Waals surface area contributed by atoms with Crippen LogP contribution in [0.3, 0.4) is 0 Å². The fraction of sp³-hybridized carbons (Fsp3) is 0.111. The molecule has 22 heavy (non-hydrogen) atoms. The van der Waals surface area contributed by atoms with Gasteiger partial charge in [-0.2, -0.15) is 0 Å². The molecule has 0 fully saturated rings. The molecule has 0 spiro atoms. The smallest absolute Gasteiger partial charge is 0.251 e. The Morgan fingerprint density at radius 2 is 1.68 bits per heavy atom. The molecule has 0 bridgehead atoms. The van der Waals surface area contributed by atoms with E-state index < -0.39 is 0 Å². The molecule has 3 aromatic rings. The fourth-order valence-corrected chi connectivity index (χ4v) is 2.26. The molecule has 0 saturated heterocycles. The maximum atomic E-state index is 12.1. The summed E-state index contributed by atoms with van der Waals surface area (Å²) in [6, 6.07) is 15.4. The average Bonchev–Trinajstić information content (AvgIpc) is 3.10. The maximum absolute atomic E-state index is 12.1. The lowest BCUT2D eigenvalue weighted by Gasteiger charge is -2.07. The van der Waals surface area contributed by atoms with Gasteiger partial charge in [0.05, 0.1) is 0 Å². The Labute approximate surface area is 129 Å². The monoisotopic (exact) mass is 291 g/mol. The number of aromatic nitrogens is 2. The van der Waals surface area contributed by atoms with Gasteiger partial charge in [-0.15, -0.1) is 0 Å². The predicted molar refractivity (Wildman–Crippen MR) is 86.0 cm³/mol. The zero-order valence-corrected chi connectivity index (χ0v) is 12.1. The van der Waals surface area contributed by atoms with Gasteiger partial charge in [-0.05, 0) is 60.5 Å². The van der Waals surface area contributed by atoms with Crippen LogP contribution in [0.1, 0.15) is 15.9 Å². The molecule has 2 heterocycles. The lowest BCUT2D eigenvalue weighted by molar-refractivity contribution is 0.0954. The first kappa shape index (κ1) is 14.1. The summed E-state index contributed by atoms with van der Waals surface area (Å²) in [5.74, 6) is -0.0480. The first-order chi connectivity index (χ1) is 10.8. The predicted octanol–water partition coefficient (Wildman–Crippen LogP) is 2.84. The summed E-state index contributed by atoms with van der Waals surface area (Å²) >= 11 is 0. The summed E-state index contributed by atoms with van der Waals surface area (Å²) < 4.78 is 2.01. The van der Waals surface area contributed by atoms with Crippen molar-refractivity contribution in [3.63, 3.8) is 0 Å². The van der Waals surface area contributed by atoms with Crippen LogP contribution >= 0.6 is 0 Å². The van der Waals surface area contributed by atoms with E-state index in [0.29, 0.717) is 12.1 Å². The van der Waals surface area contributed by atoms with Crippen molar-refractivity contribution in [1.82, 2.24) is 14.9 Å². The molecule has 0 aliphatic heterocycles. The Bertz CT molecular complexity index is 719. The Hall–Kier alpha value is -2.88. The summed E-state index contributed by atoms with van der Waals surface area (Å²) in [7, 11) is 0. The normalized spacial score (nSPS) is 10.4. The van der Waals surface area contributed by atoms with Crippen molar-refractivity contribution in [1.29, 1.82) is 0 Å². The van der Waals surface area contributed by atoms with Gasteiger partial charge in [-0.3, -0.25) is 9.78 Å². The molecule has 110 valence electrons. The molecule has 1 amide bonds. The van der Waals surface area contributed by atoms with E-state index in [-0.39, 0.29) is 5.91 Å². The SMILES string of the molecule is O=C(NCCc1ccncc1)c1ccc(-n2cccc2)cc1. The van der Waals surface area contributed by atoms with Crippen LogP contribution in [0.15, 0.2) is 73.3 Å². The van der Waals surface area contributed by atoms with Crippen molar-refractivity contribution in [2.45, 2.75) is 6.42 Å². The quantitative estimate of drug-likeness (QED) is 0.785. The van der Waals surface area contributed by atoms with Crippen LogP contribution in [0.4, 0.5) is 0 Å². The molecule has 1 aromatic carbocycles. The number of benzene rings is 1. The molecule has 0 aliphatic carbocycles. The number of rotatable bonds is 5. The fourth-order valence-electron chi connectivity index (χ4n) is 2.26. The van der Waals surface area contributed by atoms with Crippen LogP contribution in [-0.4, -0.2) is 22.0 Å². The van der Waals surface area contributed by atoms with E-state index in [9.17, 15) is 4.79 Å². The van der Waals surface area contributed by atoms with Crippen molar-refractivity contribution in [3.05, 3.63) is 84.4 Å². The molecule has 1 N–H and O–H groups in total. The zero-order chi connectivity index (χ0) is 15.2. The molecule has 0 atom stereocenters. The lowest BCUT2D eigenvalue weighted by atomic mass is 10.1. The number of carbonyl (C=O) groups is 1. The average molecular weight is 291 g/mol. The summed E-state index contributed by atoms with van der Waals surface area (Å²) in [6.45, 7) is 0.613. The summed E-state index contributed by atoms with van der Waals surface area (Å²) in [6.07, 6.45) is 8.28. The lowest BCUT2D eigenvalue weighted by Crippen LogP contribution is -2.25. The van der Waals surface area contributed by atoms with Crippen LogP contribution < -0.4 is 5.32 Å². The van der Waals surface area contributed by atoms with Gasteiger partial charge in [0.15, 0.2) is 0 Å². The van der Waals surface area contributed by atoms with Gasteiger partial charge in [0.1, 0.15) is 0 Å². The number of hydrogen-bond acceptors (Lipinski definition) is 2. The Balaban J connectivity index is 1.56. The van der Waals surface area contributed by atoms with E-state index in [1.165, 1.54) is 5.56 Å². The second-order valence-corrected chi connectivity index (χ2v) is 5.00. The topological polar surface area (TPSA) is 46.9 Å². The minimum absolute atomic E-state index is 0.0480. The van der Waals surface area contributed by atoms with Crippen molar-refractivity contribution in [2.75, 3.05) is 6.54 Å². The largest absolute Gasteiger partial charge is 0.352 e. The third kappa shape index (κ3) is 3.41. The molecule has 0 saturated carbocycles. The van der Waals surface area contributed by atoms with Crippen molar-refractivity contribution in [3.8, 4) is 5.69 Å². The van der Waals surface area contributed by atoms with Crippen LogP contribution in [0.2, 0.25) is 0 Å². The third-order valence-corrected chi connectivity index (χ3v) is 3.48. The molecular weight excluding hydrogens is 274 g/mol. The minimum atomic E-state index is -0.0480. The molecule has 3 rings (SSSR count). The van der Waals surface area contributed by atoms with Crippen molar-refractivity contribution < 1.29 is 4.79 Å². The molecule has 0 unspecified atom stereocenters. The first-order valence-electron chi connectivity index (χ1n) is 7.23. The number of nitrogens with one attached hydrogen (secondary N) is 1. The number of pyridine rings is 1. The molecule has 0 radical (unpaired) electrons. The van der Waals surface area contributed by atoms with Gasteiger partial charge < -0.3 is 9.88 Å². The molecule has 4 nitrogen and oxygen atoms in total. The second kappa shape index (κ2) is 6.72. The van der Waals surface area contributed by atoms with Gasteiger partial charge in [0.25, 0.3) is 5.91 Å². The molecule has 2 aromatic heterocycles. The number of hydrogen-bond donors (Lipinski definition) is 1. The Morgan fingerprint density at radius 3 is 2.36 bits per heavy atom. The van der Waals surface area contributed by atoms with E-state index in [1.54, 1.807) is 12.4 Å². The van der Waals surface area contributed by atoms with Crippen LogP contribution in [0.5, 0.6) is 0 Å². The third-order valence-electron chi connectivity index (χ3n) is 3.48. The highest BCUT2D eigenvalue weighted by Crippen LogP contribution is 2.10. The van der Waals surface area contributed by atoms with Gasteiger partial charge in [-0.1, -0.05) is 0 Å².